The number of rotatable bonds is 1. The summed E-state index contributed by atoms with van der Waals surface area (Å²) in [6, 6.07) is 7.42. The van der Waals surface area contributed by atoms with Gasteiger partial charge in [0.1, 0.15) is 5.95 Å². The first-order valence-corrected chi connectivity index (χ1v) is 4.37. The summed E-state index contributed by atoms with van der Waals surface area (Å²) in [5.74, 6) is -0.462. The third-order valence-corrected chi connectivity index (χ3v) is 2.22. The second kappa shape index (κ2) is 4.21. The van der Waals surface area contributed by atoms with Crippen molar-refractivity contribution in [3.63, 3.8) is 0 Å². The molecule has 2 aromatic rings. The Labute approximate surface area is 88.6 Å². The van der Waals surface area contributed by atoms with E-state index < -0.39 is 5.95 Å². The molecule has 0 unspecified atom stereocenters. The molecular weight excluding hydrogens is 250 g/mol. The topological polar surface area (TPSA) is 88.0 Å². The third-order valence-electron chi connectivity index (χ3n) is 1.55. The van der Waals surface area contributed by atoms with Gasteiger partial charge in [0.15, 0.2) is 0 Å². The molecule has 0 fully saturated rings. The fourth-order valence-corrected chi connectivity index (χ4v) is 1.45. The fraction of sp³-hybridized carbons (Fsp3) is 0. The van der Waals surface area contributed by atoms with Gasteiger partial charge < -0.3 is 15.8 Å². The first-order chi connectivity index (χ1) is 6.27. The van der Waals surface area contributed by atoms with Gasteiger partial charge in [-0.25, -0.2) is 0 Å². The van der Waals surface area contributed by atoms with Gasteiger partial charge in [0.2, 0.25) is 6.20 Å². The lowest BCUT2D eigenvalue weighted by molar-refractivity contribution is -0.671. The largest absolute Gasteiger partial charge is 0.539 e. The molecule has 2 rings (SSSR count). The normalized spacial score (nSPS) is 9.50. The summed E-state index contributed by atoms with van der Waals surface area (Å²) in [5.41, 5.74) is 0.772. The van der Waals surface area contributed by atoms with Crippen LogP contribution in [0.25, 0.3) is 5.69 Å². The summed E-state index contributed by atoms with van der Waals surface area (Å²) < 4.78 is 6.65. The van der Waals surface area contributed by atoms with E-state index in [1.165, 1.54) is 10.9 Å². The number of aromatic nitrogens is 2. The fourth-order valence-electron chi connectivity index (χ4n) is 0.982. The number of benzene rings is 1. The highest BCUT2D eigenvalue weighted by molar-refractivity contribution is 9.10. The quantitative estimate of drug-likeness (QED) is 0.771. The van der Waals surface area contributed by atoms with E-state index in [-0.39, 0.29) is 6.15 Å². The predicted molar refractivity (Wildman–Crippen MR) is 50.2 cm³/mol. The van der Waals surface area contributed by atoms with Crippen molar-refractivity contribution in [1.82, 2.24) is 11.4 Å². The maximum Gasteiger partial charge on any atom is 0.253 e. The van der Waals surface area contributed by atoms with Gasteiger partial charge >= 0.3 is 0 Å². The van der Waals surface area contributed by atoms with Gasteiger partial charge in [-0.3, -0.25) is 0 Å². The van der Waals surface area contributed by atoms with Crippen LogP contribution in [0.15, 0.2) is 39.5 Å². The van der Waals surface area contributed by atoms with E-state index in [4.69, 9.17) is 0 Å². The first kappa shape index (κ1) is 10.7. The molecule has 1 aromatic heterocycles. The smallest absolute Gasteiger partial charge is 0.253 e. The van der Waals surface area contributed by atoms with Crippen LogP contribution in [0.4, 0.5) is 0 Å². The number of nitrogens with zero attached hydrogens (tertiary/aromatic N) is 2. The van der Waals surface area contributed by atoms with E-state index in [0.29, 0.717) is 0 Å². The van der Waals surface area contributed by atoms with Gasteiger partial charge in [-0.2, -0.15) is 0 Å². The molecule has 1 aromatic carbocycles. The summed E-state index contributed by atoms with van der Waals surface area (Å²) in [4.78, 5) is 0. The molecule has 3 N–H and O–H groups in total. The van der Waals surface area contributed by atoms with Crippen LogP contribution in [0.2, 0.25) is 0 Å². The molecule has 0 aliphatic rings. The Morgan fingerprint density at radius 1 is 1.36 bits per heavy atom. The minimum Gasteiger partial charge on any atom is -0.539 e. The van der Waals surface area contributed by atoms with Crippen LogP contribution in [-0.2, 0) is 0 Å². The Morgan fingerprint density at radius 3 is 2.64 bits per heavy atom. The van der Waals surface area contributed by atoms with Gasteiger partial charge in [-0.05, 0) is 26.7 Å². The van der Waals surface area contributed by atoms with Gasteiger partial charge in [-0.1, -0.05) is 12.1 Å². The van der Waals surface area contributed by atoms with Crippen LogP contribution >= 0.6 is 15.9 Å². The molecule has 0 bridgehead atoms. The number of hydrogen-bond donors (Lipinski definition) is 1. The van der Waals surface area contributed by atoms with Crippen molar-refractivity contribution >= 4 is 15.9 Å². The van der Waals surface area contributed by atoms with Crippen molar-refractivity contribution in [2.45, 2.75) is 0 Å². The molecule has 0 radical (unpaired) electrons. The average Bonchev–Trinajstić information content (AvgIpc) is 2.53. The minimum atomic E-state index is -0.462. The highest BCUT2D eigenvalue weighted by Crippen LogP contribution is 2.15. The molecule has 1 heterocycles. The van der Waals surface area contributed by atoms with E-state index in [9.17, 15) is 5.11 Å². The molecular formula is C8H8BrN3O2. The monoisotopic (exact) mass is 257 g/mol. The van der Waals surface area contributed by atoms with E-state index in [1.807, 2.05) is 24.3 Å². The van der Waals surface area contributed by atoms with Crippen LogP contribution in [-0.4, -0.2) is 5.27 Å². The summed E-state index contributed by atoms with van der Waals surface area (Å²) in [6.45, 7) is 0. The van der Waals surface area contributed by atoms with E-state index in [1.54, 1.807) is 0 Å². The standard InChI is InChI=1S/C8H5BrN2O2.H3N/c9-6-3-1-2-4-7(6)11-5-8(12)13-10-11;/h1-5H;1H3. The molecule has 74 valence electrons. The van der Waals surface area contributed by atoms with Gasteiger partial charge in [0.25, 0.3) is 5.69 Å². The van der Waals surface area contributed by atoms with Crippen LogP contribution in [0, 0.1) is 0 Å². The molecule has 0 aliphatic carbocycles. The highest BCUT2D eigenvalue weighted by atomic mass is 79.9. The maximum absolute atomic E-state index is 10.7. The van der Waals surface area contributed by atoms with Crippen molar-refractivity contribution in [1.29, 1.82) is 0 Å². The Hall–Kier alpha value is -1.40. The second-order valence-corrected chi connectivity index (χ2v) is 3.27. The van der Waals surface area contributed by atoms with Gasteiger partial charge in [0, 0.05) is 6.07 Å². The third kappa shape index (κ3) is 1.91. The van der Waals surface area contributed by atoms with Crippen LogP contribution in [0.3, 0.4) is 0 Å². The summed E-state index contributed by atoms with van der Waals surface area (Å²) >= 11 is 3.34. The van der Waals surface area contributed by atoms with Crippen molar-refractivity contribution in [3.8, 4) is 11.6 Å². The zero-order chi connectivity index (χ0) is 9.26. The number of halogens is 1. The lowest BCUT2D eigenvalue weighted by Gasteiger charge is -1.90. The average molecular weight is 258 g/mol. The van der Waals surface area contributed by atoms with Gasteiger partial charge in [0.05, 0.1) is 9.74 Å². The summed E-state index contributed by atoms with van der Waals surface area (Å²) in [7, 11) is 0. The van der Waals surface area contributed by atoms with E-state index in [2.05, 4.69) is 25.7 Å². The Bertz CT molecular complexity index is 430. The van der Waals surface area contributed by atoms with Crippen molar-refractivity contribution in [2.24, 2.45) is 0 Å². The predicted octanol–water partition coefficient (Wildman–Crippen LogP) is 0.949. The molecule has 0 saturated carbocycles. The van der Waals surface area contributed by atoms with Crippen molar-refractivity contribution < 1.29 is 14.3 Å². The van der Waals surface area contributed by atoms with Crippen molar-refractivity contribution in [3.05, 3.63) is 34.9 Å². The van der Waals surface area contributed by atoms with Crippen LogP contribution in [0.5, 0.6) is 5.95 Å². The zero-order valence-corrected chi connectivity index (χ0v) is 8.77. The summed E-state index contributed by atoms with van der Waals surface area (Å²) in [6.07, 6.45) is 1.28. The van der Waals surface area contributed by atoms with Crippen LogP contribution < -0.4 is 15.9 Å². The molecule has 0 saturated heterocycles. The molecule has 0 spiro atoms. The van der Waals surface area contributed by atoms with Crippen molar-refractivity contribution in [2.75, 3.05) is 0 Å². The molecule has 14 heavy (non-hydrogen) atoms. The molecule has 0 aliphatic heterocycles. The minimum absolute atomic E-state index is 0. The lowest BCUT2D eigenvalue weighted by atomic mass is 10.3. The van der Waals surface area contributed by atoms with E-state index in [0.717, 1.165) is 10.2 Å². The Balaban J connectivity index is 0.000000980. The number of para-hydroxylation sites is 1. The number of hydrogen-bond acceptors (Lipinski definition) is 4. The molecule has 6 heteroatoms. The van der Waals surface area contributed by atoms with E-state index >= 15 is 0 Å². The molecule has 0 atom stereocenters. The maximum atomic E-state index is 10.7. The second-order valence-electron chi connectivity index (χ2n) is 2.42. The Kier molecular flexibility index (Phi) is 3.21. The SMILES string of the molecule is N.[O-]c1c[n+](-c2ccccc2Br)no1. The van der Waals surface area contributed by atoms with Crippen LogP contribution in [0.1, 0.15) is 0 Å². The summed E-state index contributed by atoms with van der Waals surface area (Å²) in [5, 5.41) is 14.3. The molecule has 0 amide bonds. The lowest BCUT2D eigenvalue weighted by Crippen LogP contribution is -2.31. The first-order valence-electron chi connectivity index (χ1n) is 3.58. The Morgan fingerprint density at radius 2 is 2.07 bits per heavy atom. The molecule has 5 nitrogen and oxygen atoms in total. The zero-order valence-electron chi connectivity index (χ0n) is 7.18. The van der Waals surface area contributed by atoms with Gasteiger partial charge in [-0.15, -0.1) is 0 Å². The highest BCUT2D eigenvalue weighted by Gasteiger charge is 2.11.